The molecule has 0 atom stereocenters. The number of halogens is 1. The first-order valence-corrected chi connectivity index (χ1v) is 8.14. The monoisotopic (exact) mass is 331 g/mol. The summed E-state index contributed by atoms with van der Waals surface area (Å²) in [6.45, 7) is 5.94. The van der Waals surface area contributed by atoms with Crippen molar-refractivity contribution < 1.29 is 9.13 Å². The molecule has 0 aliphatic rings. The maximum Gasteiger partial charge on any atom is 0.230 e. The van der Waals surface area contributed by atoms with Gasteiger partial charge in [-0.3, -0.25) is 4.68 Å². The number of ether oxygens (including phenoxy) is 1. The lowest BCUT2D eigenvalue weighted by molar-refractivity contribution is 0.456. The van der Waals surface area contributed by atoms with Crippen LogP contribution in [0.25, 0.3) is 10.7 Å². The molecule has 120 valence electrons. The van der Waals surface area contributed by atoms with E-state index in [1.165, 1.54) is 17.4 Å². The average Bonchev–Trinajstić information content (AvgIpc) is 3.06. The summed E-state index contributed by atoms with van der Waals surface area (Å²) in [6.07, 6.45) is 1.72. The summed E-state index contributed by atoms with van der Waals surface area (Å²) in [5.74, 6) is 0.628. The van der Waals surface area contributed by atoms with Crippen LogP contribution >= 0.6 is 11.3 Å². The van der Waals surface area contributed by atoms with Crippen LogP contribution in [0.15, 0.2) is 35.8 Å². The third-order valence-electron chi connectivity index (χ3n) is 3.49. The van der Waals surface area contributed by atoms with Crippen LogP contribution in [0, 0.1) is 5.82 Å². The van der Waals surface area contributed by atoms with E-state index in [1.54, 1.807) is 28.4 Å². The number of aryl methyl sites for hydroxylation is 1. The van der Waals surface area contributed by atoms with Gasteiger partial charge in [-0.2, -0.15) is 10.1 Å². The molecule has 0 aliphatic carbocycles. The van der Waals surface area contributed by atoms with Crippen LogP contribution in [0.1, 0.15) is 26.3 Å². The van der Waals surface area contributed by atoms with Crippen LogP contribution in [0.5, 0.6) is 11.6 Å². The number of benzene rings is 1. The zero-order valence-electron chi connectivity index (χ0n) is 13.5. The van der Waals surface area contributed by atoms with E-state index in [0.29, 0.717) is 17.2 Å². The molecular formula is C17H18FN3OS. The van der Waals surface area contributed by atoms with Gasteiger partial charge in [-0.1, -0.05) is 26.8 Å². The van der Waals surface area contributed by atoms with Crippen molar-refractivity contribution in [3.8, 4) is 22.3 Å². The molecule has 0 saturated carbocycles. The molecule has 0 unspecified atom stereocenters. The van der Waals surface area contributed by atoms with Gasteiger partial charge in [0, 0.05) is 19.3 Å². The summed E-state index contributed by atoms with van der Waals surface area (Å²) in [4.78, 5) is 4.42. The molecule has 2 heterocycles. The average molecular weight is 331 g/mol. The lowest BCUT2D eigenvalue weighted by Crippen LogP contribution is -2.13. The van der Waals surface area contributed by atoms with Gasteiger partial charge < -0.3 is 4.74 Å². The fourth-order valence-electron chi connectivity index (χ4n) is 2.30. The second-order valence-electron chi connectivity index (χ2n) is 6.32. The molecule has 3 aromatic rings. The van der Waals surface area contributed by atoms with E-state index < -0.39 is 0 Å². The van der Waals surface area contributed by atoms with Crippen LogP contribution in [-0.2, 0) is 12.5 Å². The molecule has 6 heteroatoms. The number of thiazole rings is 1. The van der Waals surface area contributed by atoms with Crippen molar-refractivity contribution in [3.05, 3.63) is 47.2 Å². The molecule has 2 aromatic heterocycles. The van der Waals surface area contributed by atoms with Crippen molar-refractivity contribution in [3.63, 3.8) is 0 Å². The van der Waals surface area contributed by atoms with Crippen molar-refractivity contribution in [1.82, 2.24) is 14.8 Å². The fourth-order valence-corrected chi connectivity index (χ4v) is 3.07. The predicted molar refractivity (Wildman–Crippen MR) is 89.5 cm³/mol. The van der Waals surface area contributed by atoms with Gasteiger partial charge in [0.25, 0.3) is 0 Å². The maximum absolute atomic E-state index is 14.2. The molecule has 0 saturated heterocycles. The minimum atomic E-state index is -0.267. The first-order chi connectivity index (χ1) is 10.8. The zero-order chi connectivity index (χ0) is 16.6. The van der Waals surface area contributed by atoms with Crippen LogP contribution in [0.2, 0.25) is 0 Å². The van der Waals surface area contributed by atoms with Crippen molar-refractivity contribution in [2.45, 2.75) is 26.2 Å². The van der Waals surface area contributed by atoms with Gasteiger partial charge in [-0.25, -0.2) is 4.39 Å². The quantitative estimate of drug-likeness (QED) is 0.694. The number of hydrogen-bond acceptors (Lipinski definition) is 4. The fraction of sp³-hybridized carbons (Fsp3) is 0.294. The highest BCUT2D eigenvalue weighted by Crippen LogP contribution is 2.32. The minimum absolute atomic E-state index is 0.240. The zero-order valence-corrected chi connectivity index (χ0v) is 14.3. The Hall–Kier alpha value is -2.21. The predicted octanol–water partition coefficient (Wildman–Crippen LogP) is 4.77. The molecule has 1 aromatic carbocycles. The molecule has 0 N–H and O–H groups in total. The number of rotatable bonds is 3. The van der Waals surface area contributed by atoms with Crippen LogP contribution in [0.4, 0.5) is 4.39 Å². The van der Waals surface area contributed by atoms with E-state index in [0.717, 1.165) is 10.7 Å². The van der Waals surface area contributed by atoms with Gasteiger partial charge >= 0.3 is 0 Å². The summed E-state index contributed by atoms with van der Waals surface area (Å²) < 4.78 is 21.6. The lowest BCUT2D eigenvalue weighted by atomic mass is 9.87. The van der Waals surface area contributed by atoms with E-state index in [9.17, 15) is 4.39 Å². The van der Waals surface area contributed by atoms with E-state index in [-0.39, 0.29) is 11.2 Å². The third-order valence-corrected chi connectivity index (χ3v) is 4.34. The van der Waals surface area contributed by atoms with E-state index >= 15 is 0 Å². The Morgan fingerprint density at radius 2 is 2.00 bits per heavy atom. The number of nitrogens with zero attached hydrogens (tertiary/aromatic N) is 3. The summed E-state index contributed by atoms with van der Waals surface area (Å²) >= 11 is 1.46. The maximum atomic E-state index is 14.2. The van der Waals surface area contributed by atoms with E-state index in [1.807, 2.05) is 33.9 Å². The van der Waals surface area contributed by atoms with Crippen molar-refractivity contribution in [2.75, 3.05) is 0 Å². The Bertz CT molecular complexity index is 832. The van der Waals surface area contributed by atoms with Gasteiger partial charge in [0.1, 0.15) is 16.6 Å². The third kappa shape index (κ3) is 3.27. The minimum Gasteiger partial charge on any atom is -0.438 e. The van der Waals surface area contributed by atoms with Crippen molar-refractivity contribution in [1.29, 1.82) is 0 Å². The molecule has 0 radical (unpaired) electrons. The second-order valence-corrected chi connectivity index (χ2v) is 7.18. The molecule has 4 nitrogen and oxygen atoms in total. The summed E-state index contributed by atoms with van der Waals surface area (Å²) in [5, 5.41) is 6.74. The molecule has 3 rings (SSSR count). The van der Waals surface area contributed by atoms with Gasteiger partial charge in [-0.15, -0.1) is 11.3 Å². The summed E-state index contributed by atoms with van der Waals surface area (Å²) in [7, 11) is 1.86. The van der Waals surface area contributed by atoms with Crippen molar-refractivity contribution in [2.24, 2.45) is 7.05 Å². The highest BCUT2D eigenvalue weighted by molar-refractivity contribution is 7.13. The normalized spacial score (nSPS) is 11.7. The van der Waals surface area contributed by atoms with Gasteiger partial charge in [0.2, 0.25) is 5.88 Å². The van der Waals surface area contributed by atoms with E-state index in [2.05, 4.69) is 10.1 Å². The van der Waals surface area contributed by atoms with Crippen LogP contribution in [0.3, 0.4) is 0 Å². The SMILES string of the molecule is Cn1nccc1-c1nc(Oc2ccc(C(C)(C)C)c(F)c2)cs1. The Balaban J connectivity index is 1.82. The van der Waals surface area contributed by atoms with Gasteiger partial charge in [0.15, 0.2) is 0 Å². The molecule has 0 fully saturated rings. The Labute approximate surface area is 138 Å². The smallest absolute Gasteiger partial charge is 0.230 e. The van der Waals surface area contributed by atoms with E-state index in [4.69, 9.17) is 4.74 Å². The molecule has 0 bridgehead atoms. The molecule has 0 spiro atoms. The second kappa shape index (κ2) is 5.77. The molecular weight excluding hydrogens is 313 g/mol. The first kappa shape index (κ1) is 15.7. The highest BCUT2D eigenvalue weighted by Gasteiger charge is 2.19. The Kier molecular flexibility index (Phi) is 3.93. The molecule has 0 amide bonds. The van der Waals surface area contributed by atoms with Gasteiger partial charge in [-0.05, 0) is 23.1 Å². The van der Waals surface area contributed by atoms with Gasteiger partial charge in [0.05, 0.1) is 11.1 Å². The summed E-state index contributed by atoms with van der Waals surface area (Å²) in [6, 6.07) is 6.83. The van der Waals surface area contributed by atoms with Crippen LogP contribution in [-0.4, -0.2) is 14.8 Å². The number of aromatic nitrogens is 3. The largest absolute Gasteiger partial charge is 0.438 e. The molecule has 0 aliphatic heterocycles. The Morgan fingerprint density at radius 3 is 2.61 bits per heavy atom. The van der Waals surface area contributed by atoms with Crippen molar-refractivity contribution >= 4 is 11.3 Å². The molecule has 23 heavy (non-hydrogen) atoms. The standard InChI is InChI=1S/C17H18FN3OS/c1-17(2,3)12-6-5-11(9-13(12)18)22-15-10-23-16(20-15)14-7-8-19-21(14)4/h5-10H,1-4H3. The highest BCUT2D eigenvalue weighted by atomic mass is 32.1. The Morgan fingerprint density at radius 1 is 1.22 bits per heavy atom. The topological polar surface area (TPSA) is 39.9 Å². The first-order valence-electron chi connectivity index (χ1n) is 7.26. The lowest BCUT2D eigenvalue weighted by Gasteiger charge is -2.20. The number of hydrogen-bond donors (Lipinski definition) is 0. The summed E-state index contributed by atoms with van der Waals surface area (Å²) in [5.41, 5.74) is 1.34. The van der Waals surface area contributed by atoms with Crippen LogP contribution < -0.4 is 4.74 Å².